The van der Waals surface area contributed by atoms with Crippen molar-refractivity contribution in [3.63, 3.8) is 0 Å². The Balaban J connectivity index is 2.26. The van der Waals surface area contributed by atoms with Crippen molar-refractivity contribution < 1.29 is 28.2 Å². The summed E-state index contributed by atoms with van der Waals surface area (Å²) >= 11 is 0. The Morgan fingerprint density at radius 3 is 2.32 bits per heavy atom. The summed E-state index contributed by atoms with van der Waals surface area (Å²) in [4.78, 5) is 27.3. The number of hydrogen-bond donors (Lipinski definition) is 5. The van der Waals surface area contributed by atoms with Crippen molar-refractivity contribution in [3.05, 3.63) is 35.9 Å². The molecule has 0 radical (unpaired) electrons. The average molecular weight is 635 g/mol. The first-order chi connectivity index (χ1) is 20.9. The minimum Gasteiger partial charge on any atom is -0.390 e. The van der Waals surface area contributed by atoms with Gasteiger partial charge in [-0.3, -0.25) is 9.59 Å². The molecule has 0 heterocycles. The molecule has 1 saturated carbocycles. The monoisotopic (exact) mass is 634 g/mol. The molecular weight excluding hydrogens is 580 g/mol. The zero-order chi connectivity index (χ0) is 32.7. The molecule has 0 saturated heterocycles. The van der Waals surface area contributed by atoms with Gasteiger partial charge in [-0.25, -0.2) is 12.7 Å². The Kier molecular flexibility index (Phi) is 16.4. The lowest BCUT2D eigenvalue weighted by molar-refractivity contribution is -0.132. The number of rotatable bonds is 19. The lowest BCUT2D eigenvalue weighted by atomic mass is 9.82. The molecule has 0 spiro atoms. The van der Waals surface area contributed by atoms with Gasteiger partial charge in [0.1, 0.15) is 12.1 Å². The van der Waals surface area contributed by atoms with Crippen LogP contribution in [-0.2, 0) is 26.0 Å². The molecule has 0 aliphatic heterocycles. The van der Waals surface area contributed by atoms with Crippen LogP contribution in [0.1, 0.15) is 70.8 Å². The van der Waals surface area contributed by atoms with E-state index in [1.165, 1.54) is 11.4 Å². The molecule has 0 bridgehead atoms. The highest BCUT2D eigenvalue weighted by Crippen LogP contribution is 2.29. The average Bonchev–Trinajstić information content (AvgIpc) is 2.99. The minimum atomic E-state index is -3.80. The van der Waals surface area contributed by atoms with E-state index in [1.54, 1.807) is 7.05 Å². The van der Waals surface area contributed by atoms with E-state index in [0.29, 0.717) is 25.3 Å². The molecule has 1 aromatic rings. The van der Waals surface area contributed by atoms with Crippen molar-refractivity contribution in [2.75, 3.05) is 32.9 Å². The molecule has 10 nitrogen and oxygen atoms in total. The maximum Gasteiger partial charge on any atom is 0.243 e. The second-order valence-corrected chi connectivity index (χ2v) is 14.7. The molecule has 44 heavy (non-hydrogen) atoms. The van der Waals surface area contributed by atoms with E-state index in [2.05, 4.69) is 21.9 Å². The van der Waals surface area contributed by atoms with Gasteiger partial charge in [-0.15, -0.1) is 12.3 Å². The van der Waals surface area contributed by atoms with Gasteiger partial charge in [-0.1, -0.05) is 76.3 Å². The van der Waals surface area contributed by atoms with E-state index in [1.807, 2.05) is 44.2 Å². The van der Waals surface area contributed by atoms with Gasteiger partial charge in [0.15, 0.2) is 0 Å². The number of sulfonamides is 1. The SMILES string of the molecule is C#CC[C@H](NC(=O)[C@H](Cc1ccccc1)CS(=O)(=O)N(C)CCNC)C(=O)NC(CC1CCCCC1)[C@@H](O)[C@@H](O)CC(C)C. The standard InChI is InChI=1S/C33H54N4O6S/c1-6-13-28(33(41)36-29(22-26-16-11-8-12-17-26)31(39)30(38)20-24(2)3)35-32(40)27(21-25-14-9-7-10-15-25)23-44(42,43)37(5)19-18-34-4/h1,7,9-10,14-15,24,26-31,34,38-39H,8,11-13,16-23H2,2-5H3,(H,35,40)(H,36,41)/t27-,28+,29?,30+,31-/m1/s1. The van der Waals surface area contributed by atoms with Gasteiger partial charge in [-0.2, -0.15) is 0 Å². The van der Waals surface area contributed by atoms with Gasteiger partial charge >= 0.3 is 0 Å². The molecule has 2 rings (SSSR count). The summed E-state index contributed by atoms with van der Waals surface area (Å²) in [7, 11) is -0.596. The lowest BCUT2D eigenvalue weighted by Crippen LogP contribution is -2.56. The molecule has 248 valence electrons. The summed E-state index contributed by atoms with van der Waals surface area (Å²) in [5.41, 5.74) is 0.786. The number of hydrogen-bond acceptors (Lipinski definition) is 7. The van der Waals surface area contributed by atoms with Crippen LogP contribution in [0.3, 0.4) is 0 Å². The first-order valence-corrected chi connectivity index (χ1v) is 17.5. The quantitative estimate of drug-likeness (QED) is 0.146. The van der Waals surface area contributed by atoms with Crippen LogP contribution in [0.5, 0.6) is 0 Å². The van der Waals surface area contributed by atoms with Gasteiger partial charge in [0, 0.05) is 26.6 Å². The molecule has 5 atom stereocenters. The molecule has 5 N–H and O–H groups in total. The molecule has 1 unspecified atom stereocenters. The highest BCUT2D eigenvalue weighted by atomic mass is 32.2. The van der Waals surface area contributed by atoms with Gasteiger partial charge in [0.25, 0.3) is 0 Å². The first kappa shape index (κ1) is 37.7. The van der Waals surface area contributed by atoms with Crippen molar-refractivity contribution in [2.24, 2.45) is 17.8 Å². The Hall–Kier alpha value is -2.49. The maximum atomic E-state index is 13.7. The highest BCUT2D eigenvalue weighted by Gasteiger charge is 2.35. The maximum absolute atomic E-state index is 13.7. The van der Waals surface area contributed by atoms with Crippen LogP contribution in [0.15, 0.2) is 30.3 Å². The number of nitrogens with zero attached hydrogens (tertiary/aromatic N) is 1. The summed E-state index contributed by atoms with van der Waals surface area (Å²) in [5, 5.41) is 30.4. The minimum absolute atomic E-state index is 0.120. The third kappa shape index (κ3) is 12.9. The summed E-state index contributed by atoms with van der Waals surface area (Å²) in [6, 6.07) is 7.25. The largest absolute Gasteiger partial charge is 0.390 e. The number of nitrogens with one attached hydrogen (secondary N) is 3. The van der Waals surface area contributed by atoms with Crippen LogP contribution >= 0.6 is 0 Å². The van der Waals surface area contributed by atoms with Crippen LogP contribution in [0.2, 0.25) is 0 Å². The fourth-order valence-electron chi connectivity index (χ4n) is 5.77. The third-order valence-corrected chi connectivity index (χ3v) is 10.3. The summed E-state index contributed by atoms with van der Waals surface area (Å²) in [6.45, 7) is 4.60. The number of carbonyl (C=O) groups excluding carboxylic acids is 2. The third-order valence-electron chi connectivity index (χ3n) is 8.37. The topological polar surface area (TPSA) is 148 Å². The molecule has 1 fully saturated rings. The van der Waals surface area contributed by atoms with Crippen LogP contribution in [0.25, 0.3) is 0 Å². The number of likely N-dealkylation sites (N-methyl/N-ethyl adjacent to an activating group) is 2. The Morgan fingerprint density at radius 1 is 1.07 bits per heavy atom. The molecule has 1 aliphatic carbocycles. The number of amides is 2. The number of terminal acetylenes is 1. The Morgan fingerprint density at radius 2 is 1.73 bits per heavy atom. The Bertz CT molecular complexity index is 1150. The predicted molar refractivity (Wildman–Crippen MR) is 174 cm³/mol. The van der Waals surface area contributed by atoms with Crippen molar-refractivity contribution in [1.82, 2.24) is 20.3 Å². The first-order valence-electron chi connectivity index (χ1n) is 15.9. The molecule has 2 amide bonds. The molecule has 0 aromatic heterocycles. The number of benzene rings is 1. The van der Waals surface area contributed by atoms with Gasteiger partial charge in [-0.05, 0) is 43.7 Å². The molecule has 1 aromatic carbocycles. The Labute approximate surface area is 264 Å². The van der Waals surface area contributed by atoms with E-state index in [-0.39, 0.29) is 25.3 Å². The van der Waals surface area contributed by atoms with E-state index in [9.17, 15) is 28.2 Å². The molecule has 11 heteroatoms. The van der Waals surface area contributed by atoms with E-state index in [0.717, 1.165) is 37.7 Å². The fraction of sp³-hybridized carbons (Fsp3) is 0.697. The normalized spacial score (nSPS) is 17.8. The zero-order valence-corrected chi connectivity index (χ0v) is 27.7. The number of aliphatic hydroxyl groups is 2. The van der Waals surface area contributed by atoms with Crippen LogP contribution in [-0.4, -0.2) is 92.0 Å². The summed E-state index contributed by atoms with van der Waals surface area (Å²) < 4.78 is 27.6. The van der Waals surface area contributed by atoms with Crippen molar-refractivity contribution >= 4 is 21.8 Å². The molecule has 1 aliphatic rings. The second-order valence-electron chi connectivity index (χ2n) is 12.6. The van der Waals surface area contributed by atoms with E-state index in [4.69, 9.17) is 6.42 Å². The summed E-state index contributed by atoms with van der Waals surface area (Å²) in [5.74, 6) is 0.302. The highest BCUT2D eigenvalue weighted by molar-refractivity contribution is 7.89. The predicted octanol–water partition coefficient (Wildman–Crippen LogP) is 2.06. The van der Waals surface area contributed by atoms with E-state index < -0.39 is 57.8 Å². The lowest BCUT2D eigenvalue weighted by Gasteiger charge is -2.33. The fourth-order valence-corrected chi connectivity index (χ4v) is 7.17. The molecular formula is C33H54N4O6S. The van der Waals surface area contributed by atoms with Crippen molar-refractivity contribution in [1.29, 1.82) is 0 Å². The zero-order valence-electron chi connectivity index (χ0n) is 26.9. The number of carbonyl (C=O) groups is 2. The smallest absolute Gasteiger partial charge is 0.243 e. The summed E-state index contributed by atoms with van der Waals surface area (Å²) in [6.07, 6.45) is 9.61. The van der Waals surface area contributed by atoms with Crippen LogP contribution in [0, 0.1) is 30.1 Å². The van der Waals surface area contributed by atoms with Gasteiger partial charge in [0.05, 0.1) is 23.8 Å². The van der Waals surface area contributed by atoms with Gasteiger partial charge in [0.2, 0.25) is 21.8 Å². The number of aliphatic hydroxyl groups excluding tert-OH is 2. The van der Waals surface area contributed by atoms with Crippen LogP contribution in [0.4, 0.5) is 0 Å². The van der Waals surface area contributed by atoms with Crippen LogP contribution < -0.4 is 16.0 Å². The second kappa shape index (κ2) is 19.1. The van der Waals surface area contributed by atoms with Gasteiger partial charge < -0.3 is 26.2 Å². The van der Waals surface area contributed by atoms with Crippen molar-refractivity contribution in [3.8, 4) is 12.3 Å². The van der Waals surface area contributed by atoms with Crippen molar-refractivity contribution in [2.45, 2.75) is 95.9 Å². The van der Waals surface area contributed by atoms with E-state index >= 15 is 0 Å².